The number of carbonyl (C=O) groups is 1. The zero-order chi connectivity index (χ0) is 29.0. The van der Waals surface area contributed by atoms with Gasteiger partial charge in [-0.1, -0.05) is 58.0 Å². The lowest BCUT2D eigenvalue weighted by Crippen LogP contribution is -2.46. The van der Waals surface area contributed by atoms with E-state index in [0.29, 0.717) is 31.3 Å². The number of benzene rings is 2. The fraction of sp³-hybridized carbons (Fsp3) is 0.486. The monoisotopic (exact) mass is 542 g/mol. The average molecular weight is 543 g/mol. The molecule has 3 N–H and O–H groups in total. The highest BCUT2D eigenvalue weighted by Gasteiger charge is 2.38. The molecule has 1 aliphatic rings. The summed E-state index contributed by atoms with van der Waals surface area (Å²) in [6, 6.07) is 15.3. The number of nitrogens with two attached hydrogens (primary N) is 1. The van der Waals surface area contributed by atoms with Crippen molar-refractivity contribution in [2.45, 2.75) is 105 Å². The van der Waals surface area contributed by atoms with Gasteiger partial charge in [-0.2, -0.15) is 0 Å². The van der Waals surface area contributed by atoms with Crippen LogP contribution in [0.15, 0.2) is 42.5 Å². The zero-order valence-corrected chi connectivity index (χ0v) is 25.1. The van der Waals surface area contributed by atoms with Gasteiger partial charge >= 0.3 is 0 Å². The molecule has 3 aromatic rings. The van der Waals surface area contributed by atoms with Gasteiger partial charge in [-0.15, -0.1) is 0 Å². The zero-order valence-electron chi connectivity index (χ0n) is 25.1. The molecule has 40 heavy (non-hydrogen) atoms. The summed E-state index contributed by atoms with van der Waals surface area (Å²) in [5.74, 6) is 1.09. The quantitative estimate of drug-likeness (QED) is 0.285. The van der Waals surface area contributed by atoms with Crippen molar-refractivity contribution in [3.8, 4) is 17.0 Å². The number of rotatable bonds is 10. The first-order valence-electron chi connectivity index (χ1n) is 14.9. The van der Waals surface area contributed by atoms with Gasteiger partial charge in [0.25, 0.3) is 0 Å². The maximum Gasteiger partial charge on any atom is 0.249 e. The second kappa shape index (κ2) is 12.6. The van der Waals surface area contributed by atoms with Crippen LogP contribution in [-0.4, -0.2) is 21.6 Å². The Morgan fingerprint density at radius 3 is 2.27 bits per heavy atom. The number of hydrogen-bond donors (Lipinski definition) is 2. The Kier molecular flexibility index (Phi) is 9.35. The van der Waals surface area contributed by atoms with Crippen LogP contribution in [-0.2, 0) is 30.7 Å². The van der Waals surface area contributed by atoms with Crippen LogP contribution >= 0.6 is 0 Å². The number of aryl methyl sites for hydroxylation is 4. The predicted molar refractivity (Wildman–Crippen MR) is 163 cm³/mol. The second-order valence-corrected chi connectivity index (χ2v) is 11.9. The molecule has 1 fully saturated rings. The third kappa shape index (κ3) is 6.41. The third-order valence-electron chi connectivity index (χ3n) is 8.83. The first-order chi connectivity index (χ1) is 19.1. The van der Waals surface area contributed by atoms with Gasteiger partial charge in [0.2, 0.25) is 5.91 Å². The molecule has 4 rings (SSSR count). The Labute approximate surface area is 240 Å². The largest absolute Gasteiger partial charge is 0.489 e. The summed E-state index contributed by atoms with van der Waals surface area (Å²) in [4.78, 5) is 17.0. The second-order valence-electron chi connectivity index (χ2n) is 11.9. The van der Waals surface area contributed by atoms with Crippen LogP contribution in [0.3, 0.4) is 0 Å². The molecule has 1 amide bonds. The molecule has 0 atom stereocenters. The molecule has 0 saturated heterocycles. The lowest BCUT2D eigenvalue weighted by molar-refractivity contribution is -0.140. The van der Waals surface area contributed by atoms with Crippen LogP contribution in [0.25, 0.3) is 11.3 Å². The van der Waals surface area contributed by atoms with Crippen molar-refractivity contribution < 1.29 is 14.6 Å². The van der Waals surface area contributed by atoms with Crippen molar-refractivity contribution in [2.75, 3.05) is 0 Å². The standard InChI is InChI=1S/C35H46N2O3/c1-7-26-10-9-11-27(8-2)33(26)31-19-29(18-25-14-16-35(39,17-15-25)34(36)38)30(24(6)37-31)21-40-32-20-28(22(3)4)13-12-23(32)5/h9-13,19-20,22,25,39H,7-8,14-18,21H2,1-6H3,(H2,36,38). The molecule has 1 saturated carbocycles. The first-order valence-corrected chi connectivity index (χ1v) is 14.9. The molecule has 0 aliphatic heterocycles. The number of nitrogens with zero attached hydrogens (tertiary/aromatic N) is 1. The van der Waals surface area contributed by atoms with Crippen molar-refractivity contribution in [2.24, 2.45) is 11.7 Å². The van der Waals surface area contributed by atoms with Gasteiger partial charge in [0.05, 0.1) is 5.69 Å². The van der Waals surface area contributed by atoms with Crippen molar-refractivity contribution in [1.82, 2.24) is 4.98 Å². The Morgan fingerprint density at radius 2 is 1.70 bits per heavy atom. The highest BCUT2D eigenvalue weighted by atomic mass is 16.5. The molecule has 1 aromatic heterocycles. The van der Waals surface area contributed by atoms with Crippen LogP contribution in [0.1, 0.15) is 98.4 Å². The minimum absolute atomic E-state index is 0.353. The number of primary amides is 1. The van der Waals surface area contributed by atoms with Gasteiger partial charge in [0.15, 0.2) is 0 Å². The maximum absolute atomic E-state index is 11.8. The summed E-state index contributed by atoms with van der Waals surface area (Å²) in [6.45, 7) is 13.4. The van der Waals surface area contributed by atoms with Crippen molar-refractivity contribution in [3.05, 3.63) is 81.5 Å². The molecule has 5 heteroatoms. The summed E-state index contributed by atoms with van der Waals surface area (Å²) in [5.41, 5.74) is 14.8. The van der Waals surface area contributed by atoms with Crippen LogP contribution in [0.2, 0.25) is 0 Å². The lowest BCUT2D eigenvalue weighted by atomic mass is 9.76. The Hall–Kier alpha value is -3.18. The van der Waals surface area contributed by atoms with E-state index >= 15 is 0 Å². The van der Waals surface area contributed by atoms with Crippen LogP contribution in [0.5, 0.6) is 5.75 Å². The minimum atomic E-state index is -1.38. The number of hydrogen-bond acceptors (Lipinski definition) is 4. The smallest absolute Gasteiger partial charge is 0.249 e. The highest BCUT2D eigenvalue weighted by Crippen LogP contribution is 2.37. The van der Waals surface area contributed by atoms with Crippen molar-refractivity contribution in [1.29, 1.82) is 0 Å². The third-order valence-corrected chi connectivity index (χ3v) is 8.83. The van der Waals surface area contributed by atoms with Crippen LogP contribution in [0, 0.1) is 19.8 Å². The van der Waals surface area contributed by atoms with E-state index in [2.05, 4.69) is 84.0 Å². The van der Waals surface area contributed by atoms with E-state index in [9.17, 15) is 9.90 Å². The molecule has 1 aliphatic carbocycles. The average Bonchev–Trinajstić information content (AvgIpc) is 2.93. The molecule has 0 unspecified atom stereocenters. The van der Waals surface area contributed by atoms with E-state index < -0.39 is 11.5 Å². The summed E-state index contributed by atoms with van der Waals surface area (Å²) < 4.78 is 6.48. The van der Waals surface area contributed by atoms with Gasteiger partial charge in [-0.05, 0) is 111 Å². The minimum Gasteiger partial charge on any atom is -0.489 e. The van der Waals surface area contributed by atoms with E-state index in [4.69, 9.17) is 15.5 Å². The highest BCUT2D eigenvalue weighted by molar-refractivity contribution is 5.83. The van der Waals surface area contributed by atoms with Gasteiger partial charge in [-0.25, -0.2) is 0 Å². The molecular formula is C35H46N2O3. The SMILES string of the molecule is CCc1cccc(CC)c1-c1cc(CC2CCC(O)(C(N)=O)CC2)c(COc2cc(C(C)C)ccc2C)c(C)n1. The van der Waals surface area contributed by atoms with Gasteiger partial charge < -0.3 is 15.6 Å². The summed E-state index contributed by atoms with van der Waals surface area (Å²) >= 11 is 0. The molecule has 1 heterocycles. The molecule has 214 valence electrons. The van der Waals surface area contributed by atoms with Gasteiger partial charge in [0.1, 0.15) is 18.0 Å². The fourth-order valence-electron chi connectivity index (χ4n) is 6.04. The number of aliphatic hydroxyl groups is 1. The van der Waals surface area contributed by atoms with E-state index in [1.165, 1.54) is 27.8 Å². The fourth-order valence-corrected chi connectivity index (χ4v) is 6.04. The maximum atomic E-state index is 11.8. The first kappa shape index (κ1) is 29.8. The number of pyridine rings is 1. The van der Waals surface area contributed by atoms with E-state index in [1.807, 2.05) is 0 Å². The van der Waals surface area contributed by atoms with E-state index in [-0.39, 0.29) is 0 Å². The number of aromatic nitrogens is 1. The van der Waals surface area contributed by atoms with E-state index in [1.54, 1.807) is 0 Å². The summed E-state index contributed by atoms with van der Waals surface area (Å²) in [5, 5.41) is 10.6. The van der Waals surface area contributed by atoms with E-state index in [0.717, 1.165) is 60.4 Å². The normalized spacial score (nSPS) is 19.1. The molecular weight excluding hydrogens is 496 g/mol. The van der Waals surface area contributed by atoms with Gasteiger partial charge in [-0.3, -0.25) is 9.78 Å². The Morgan fingerprint density at radius 1 is 1.05 bits per heavy atom. The summed E-state index contributed by atoms with van der Waals surface area (Å²) in [7, 11) is 0. The van der Waals surface area contributed by atoms with Crippen LogP contribution < -0.4 is 10.5 Å². The number of ether oxygens (including phenoxy) is 1. The number of amides is 1. The summed E-state index contributed by atoms with van der Waals surface area (Å²) in [6.07, 6.45) is 5.10. The molecule has 2 aromatic carbocycles. The molecule has 0 radical (unpaired) electrons. The number of carbonyl (C=O) groups excluding carboxylic acids is 1. The molecule has 0 spiro atoms. The van der Waals surface area contributed by atoms with Crippen LogP contribution in [0.4, 0.5) is 0 Å². The molecule has 5 nitrogen and oxygen atoms in total. The Bertz CT molecular complexity index is 1330. The lowest BCUT2D eigenvalue weighted by Gasteiger charge is -2.34. The molecule has 0 bridgehead atoms. The topological polar surface area (TPSA) is 85.4 Å². The predicted octanol–water partition coefficient (Wildman–Crippen LogP) is 7.14. The Balaban J connectivity index is 1.72. The van der Waals surface area contributed by atoms with Crippen molar-refractivity contribution in [3.63, 3.8) is 0 Å². The van der Waals surface area contributed by atoms with Crippen molar-refractivity contribution >= 4 is 5.91 Å². The van der Waals surface area contributed by atoms with Gasteiger partial charge in [0, 0.05) is 16.8 Å².